The molecule has 0 aliphatic rings. The minimum absolute atomic E-state index is 0.0856. The minimum Gasteiger partial charge on any atom is -0.489 e. The molecule has 3 aromatic rings. The highest BCUT2D eigenvalue weighted by molar-refractivity contribution is 9.10. The van der Waals surface area contributed by atoms with Crippen LogP contribution in [0.4, 0.5) is 18.9 Å². The molecule has 0 bridgehead atoms. The molecule has 7 heteroatoms. The number of benzene rings is 3. The van der Waals surface area contributed by atoms with Gasteiger partial charge < -0.3 is 10.1 Å². The molecule has 0 saturated heterocycles. The van der Waals surface area contributed by atoms with E-state index in [1.54, 1.807) is 24.3 Å². The van der Waals surface area contributed by atoms with Crippen molar-refractivity contribution >= 4 is 27.5 Å². The number of hydrogen-bond acceptors (Lipinski definition) is 2. The van der Waals surface area contributed by atoms with Gasteiger partial charge in [0.1, 0.15) is 12.4 Å². The van der Waals surface area contributed by atoms with E-state index in [2.05, 4.69) is 21.2 Å². The summed E-state index contributed by atoms with van der Waals surface area (Å²) in [5.74, 6) is 0.231. The number of carbonyl (C=O) groups is 1. The molecule has 0 aliphatic carbocycles. The maximum Gasteiger partial charge on any atom is 0.416 e. The maximum atomic E-state index is 12.8. The lowest BCUT2D eigenvalue weighted by atomic mass is 10.1. The first-order valence-electron chi connectivity index (χ1n) is 8.27. The summed E-state index contributed by atoms with van der Waals surface area (Å²) >= 11 is 3.35. The summed E-state index contributed by atoms with van der Waals surface area (Å²) in [6, 6.07) is 18.6. The van der Waals surface area contributed by atoms with Gasteiger partial charge in [0, 0.05) is 15.7 Å². The van der Waals surface area contributed by atoms with Crippen LogP contribution in [0.3, 0.4) is 0 Å². The van der Waals surface area contributed by atoms with Gasteiger partial charge in [-0.2, -0.15) is 13.2 Å². The van der Waals surface area contributed by atoms with Crippen molar-refractivity contribution in [2.75, 3.05) is 5.32 Å². The fourth-order valence-electron chi connectivity index (χ4n) is 2.43. The molecule has 28 heavy (non-hydrogen) atoms. The zero-order valence-corrected chi connectivity index (χ0v) is 16.0. The summed E-state index contributed by atoms with van der Waals surface area (Å²) < 4.78 is 44.9. The Morgan fingerprint density at radius 2 is 1.64 bits per heavy atom. The monoisotopic (exact) mass is 449 g/mol. The van der Waals surface area contributed by atoms with Crippen LogP contribution in [-0.2, 0) is 12.8 Å². The number of alkyl halides is 3. The average molecular weight is 450 g/mol. The molecule has 0 radical (unpaired) electrons. The van der Waals surface area contributed by atoms with Crippen molar-refractivity contribution in [2.45, 2.75) is 12.8 Å². The predicted octanol–water partition coefficient (Wildman–Crippen LogP) is 6.30. The number of amides is 1. The maximum absolute atomic E-state index is 12.8. The molecule has 3 nitrogen and oxygen atoms in total. The lowest BCUT2D eigenvalue weighted by Gasteiger charge is -2.10. The zero-order valence-electron chi connectivity index (χ0n) is 14.5. The normalized spacial score (nSPS) is 11.1. The number of anilines is 1. The van der Waals surface area contributed by atoms with Gasteiger partial charge >= 0.3 is 6.18 Å². The van der Waals surface area contributed by atoms with Crippen molar-refractivity contribution in [3.8, 4) is 5.75 Å². The van der Waals surface area contributed by atoms with Gasteiger partial charge in [-0.05, 0) is 60.2 Å². The van der Waals surface area contributed by atoms with E-state index < -0.39 is 17.6 Å². The molecule has 0 heterocycles. The molecule has 0 spiro atoms. The summed E-state index contributed by atoms with van der Waals surface area (Å²) in [6.45, 7) is 0.331. The molecule has 144 valence electrons. The van der Waals surface area contributed by atoms with Crippen LogP contribution >= 0.6 is 15.9 Å². The van der Waals surface area contributed by atoms with Crippen LogP contribution in [0.25, 0.3) is 0 Å². The summed E-state index contributed by atoms with van der Waals surface area (Å²) in [4.78, 5) is 12.3. The van der Waals surface area contributed by atoms with Crippen LogP contribution in [0.1, 0.15) is 21.5 Å². The third-order valence-corrected chi connectivity index (χ3v) is 4.41. The molecular formula is C21H15BrF3NO2. The summed E-state index contributed by atoms with van der Waals surface area (Å²) in [6.07, 6.45) is -4.46. The van der Waals surface area contributed by atoms with Crippen molar-refractivity contribution in [3.63, 3.8) is 0 Å². The third-order valence-electron chi connectivity index (χ3n) is 3.88. The fourth-order valence-corrected chi connectivity index (χ4v) is 2.69. The first-order chi connectivity index (χ1) is 13.3. The second-order valence-corrected chi connectivity index (χ2v) is 6.89. The highest BCUT2D eigenvalue weighted by atomic mass is 79.9. The Hall–Kier alpha value is -2.80. The van der Waals surface area contributed by atoms with Gasteiger partial charge in [0.15, 0.2) is 0 Å². The van der Waals surface area contributed by atoms with Gasteiger partial charge in [-0.15, -0.1) is 0 Å². The van der Waals surface area contributed by atoms with Crippen molar-refractivity contribution in [1.82, 2.24) is 0 Å². The lowest BCUT2D eigenvalue weighted by molar-refractivity contribution is -0.137. The molecule has 0 aromatic heterocycles. The highest BCUT2D eigenvalue weighted by Gasteiger charge is 2.30. The van der Waals surface area contributed by atoms with Gasteiger partial charge in [-0.1, -0.05) is 34.1 Å². The van der Waals surface area contributed by atoms with Crippen LogP contribution in [0.5, 0.6) is 5.75 Å². The van der Waals surface area contributed by atoms with Crippen molar-refractivity contribution < 1.29 is 22.7 Å². The molecule has 0 saturated carbocycles. The molecule has 0 aliphatic heterocycles. The summed E-state index contributed by atoms with van der Waals surface area (Å²) in [5, 5.41) is 2.48. The van der Waals surface area contributed by atoms with E-state index in [-0.39, 0.29) is 5.69 Å². The van der Waals surface area contributed by atoms with E-state index in [1.807, 2.05) is 24.3 Å². The van der Waals surface area contributed by atoms with E-state index in [1.165, 1.54) is 12.1 Å². The van der Waals surface area contributed by atoms with Crippen LogP contribution in [0, 0.1) is 0 Å². The average Bonchev–Trinajstić information content (AvgIpc) is 2.67. The highest BCUT2D eigenvalue weighted by Crippen LogP contribution is 2.30. The standard InChI is InChI=1S/C21H15BrF3NO2/c22-17-8-10-19(11-9-17)28-13-14-4-6-15(7-5-14)20(27)26-18-3-1-2-16(12-18)21(23,24)25/h1-12H,13H2,(H,26,27). The number of nitrogens with one attached hydrogen (secondary N) is 1. The first kappa shape index (κ1) is 19.9. The summed E-state index contributed by atoms with van der Waals surface area (Å²) in [5.41, 5.74) is 0.469. The second-order valence-electron chi connectivity index (χ2n) is 5.97. The van der Waals surface area contributed by atoms with Crippen LogP contribution in [-0.4, -0.2) is 5.91 Å². The van der Waals surface area contributed by atoms with Crippen LogP contribution in [0.2, 0.25) is 0 Å². The minimum atomic E-state index is -4.46. The van der Waals surface area contributed by atoms with Crippen molar-refractivity contribution in [2.24, 2.45) is 0 Å². The fraction of sp³-hybridized carbons (Fsp3) is 0.0952. The molecular weight excluding hydrogens is 435 g/mol. The van der Waals surface area contributed by atoms with Gasteiger partial charge in [0.2, 0.25) is 0 Å². The Balaban J connectivity index is 1.61. The smallest absolute Gasteiger partial charge is 0.416 e. The van der Waals surface area contributed by atoms with Gasteiger partial charge in [-0.3, -0.25) is 4.79 Å². The largest absolute Gasteiger partial charge is 0.489 e. The molecule has 1 amide bonds. The molecule has 0 fully saturated rings. The summed E-state index contributed by atoms with van der Waals surface area (Å²) in [7, 11) is 0. The lowest BCUT2D eigenvalue weighted by Crippen LogP contribution is -2.13. The molecule has 1 N–H and O–H groups in total. The Morgan fingerprint density at radius 1 is 0.964 bits per heavy atom. The molecule has 3 rings (SSSR count). The third kappa shape index (κ3) is 5.36. The van der Waals surface area contributed by atoms with Gasteiger partial charge in [0.25, 0.3) is 5.91 Å². The van der Waals surface area contributed by atoms with E-state index in [0.29, 0.717) is 12.2 Å². The first-order valence-corrected chi connectivity index (χ1v) is 9.06. The Kier molecular flexibility index (Phi) is 6.04. The molecule has 0 atom stereocenters. The van der Waals surface area contributed by atoms with E-state index in [9.17, 15) is 18.0 Å². The number of rotatable bonds is 5. The van der Waals surface area contributed by atoms with Crippen LogP contribution < -0.4 is 10.1 Å². The number of hydrogen-bond donors (Lipinski definition) is 1. The SMILES string of the molecule is O=C(Nc1cccc(C(F)(F)F)c1)c1ccc(COc2ccc(Br)cc2)cc1. The molecule has 0 unspecified atom stereocenters. The Bertz CT molecular complexity index is 955. The number of carbonyl (C=O) groups excluding carboxylic acids is 1. The van der Waals surface area contributed by atoms with E-state index in [4.69, 9.17) is 4.74 Å². The van der Waals surface area contributed by atoms with Gasteiger partial charge in [0.05, 0.1) is 5.56 Å². The predicted molar refractivity (Wildman–Crippen MR) is 104 cm³/mol. The van der Waals surface area contributed by atoms with E-state index >= 15 is 0 Å². The van der Waals surface area contributed by atoms with Crippen molar-refractivity contribution in [1.29, 1.82) is 0 Å². The quantitative estimate of drug-likeness (QED) is 0.496. The van der Waals surface area contributed by atoms with Crippen LogP contribution in [0.15, 0.2) is 77.3 Å². The van der Waals surface area contributed by atoms with Crippen molar-refractivity contribution in [3.05, 3.63) is 94.0 Å². The zero-order chi connectivity index (χ0) is 20.1. The van der Waals surface area contributed by atoms with E-state index in [0.717, 1.165) is 27.9 Å². The molecule has 3 aromatic carbocycles. The Labute approximate surface area is 168 Å². The topological polar surface area (TPSA) is 38.3 Å². The number of halogens is 4. The van der Waals surface area contributed by atoms with Gasteiger partial charge in [-0.25, -0.2) is 0 Å². The number of ether oxygens (including phenoxy) is 1. The second kappa shape index (κ2) is 8.48. The Morgan fingerprint density at radius 3 is 2.29 bits per heavy atom.